The van der Waals surface area contributed by atoms with E-state index in [1.165, 1.54) is 5.56 Å². The summed E-state index contributed by atoms with van der Waals surface area (Å²) in [6.45, 7) is 4.55. The van der Waals surface area contributed by atoms with E-state index >= 15 is 0 Å². The summed E-state index contributed by atoms with van der Waals surface area (Å²) in [7, 11) is 0. The summed E-state index contributed by atoms with van der Waals surface area (Å²) in [5, 5.41) is 13.5. The molecule has 8 heteroatoms. The first kappa shape index (κ1) is 25.0. The van der Waals surface area contributed by atoms with Gasteiger partial charge in [-0.3, -0.25) is 4.79 Å². The Hall–Kier alpha value is -1.66. The standard InChI is InChI=1S/C24H28Cl3NO4/c1-2-7-24(8-10-28-9-3-4-23(29)30)15-32-22-13-17(5-6-19(22)24)31-14-18-20(26)11-16(25)12-21(18)27/h5-6,11-13,28H,2-4,7-10,14-15H2,1H3,(H,29,30). The predicted octanol–water partition coefficient (Wildman–Crippen LogP) is 6.50. The minimum atomic E-state index is -0.758. The highest BCUT2D eigenvalue weighted by molar-refractivity contribution is 6.39. The van der Waals surface area contributed by atoms with Gasteiger partial charge in [0.05, 0.1) is 16.7 Å². The predicted molar refractivity (Wildman–Crippen MR) is 129 cm³/mol. The second-order valence-electron chi connectivity index (χ2n) is 8.11. The Kier molecular flexibility index (Phi) is 8.95. The van der Waals surface area contributed by atoms with Gasteiger partial charge in [0.25, 0.3) is 0 Å². The molecular formula is C24H28Cl3NO4. The molecule has 0 spiro atoms. The van der Waals surface area contributed by atoms with Crippen molar-refractivity contribution >= 4 is 40.8 Å². The number of carboxylic acid groups (broad SMARTS) is 1. The number of halogens is 3. The molecule has 3 rings (SSSR count). The molecule has 0 aromatic heterocycles. The van der Waals surface area contributed by atoms with Gasteiger partial charge in [-0.1, -0.05) is 54.2 Å². The first-order valence-corrected chi connectivity index (χ1v) is 11.9. The number of rotatable bonds is 12. The maximum absolute atomic E-state index is 10.6. The summed E-state index contributed by atoms with van der Waals surface area (Å²) in [4.78, 5) is 10.6. The van der Waals surface area contributed by atoms with Gasteiger partial charge in [-0.2, -0.15) is 0 Å². The highest BCUT2D eigenvalue weighted by Crippen LogP contribution is 2.45. The zero-order valence-electron chi connectivity index (χ0n) is 18.1. The summed E-state index contributed by atoms with van der Waals surface area (Å²) in [5.74, 6) is 0.769. The zero-order chi connectivity index (χ0) is 23.1. The van der Waals surface area contributed by atoms with Crippen LogP contribution in [0.25, 0.3) is 0 Å². The van der Waals surface area contributed by atoms with Crippen LogP contribution in [0.4, 0.5) is 0 Å². The van der Waals surface area contributed by atoms with Crippen LogP contribution in [-0.2, 0) is 16.8 Å². The second-order valence-corrected chi connectivity index (χ2v) is 9.36. The third-order valence-corrected chi connectivity index (χ3v) is 6.66. The summed E-state index contributed by atoms with van der Waals surface area (Å²) < 4.78 is 12.0. The molecule has 174 valence electrons. The molecule has 2 N–H and O–H groups in total. The molecule has 0 saturated carbocycles. The molecule has 0 bridgehead atoms. The van der Waals surface area contributed by atoms with Gasteiger partial charge in [-0.15, -0.1) is 0 Å². The minimum absolute atomic E-state index is 0.0504. The van der Waals surface area contributed by atoms with Crippen LogP contribution in [0.3, 0.4) is 0 Å². The van der Waals surface area contributed by atoms with E-state index in [9.17, 15) is 4.79 Å². The molecule has 1 unspecified atom stereocenters. The van der Waals surface area contributed by atoms with Crippen LogP contribution >= 0.6 is 34.8 Å². The number of hydrogen-bond acceptors (Lipinski definition) is 4. The summed E-state index contributed by atoms with van der Waals surface area (Å²) in [5.41, 5.74) is 1.83. The van der Waals surface area contributed by atoms with Gasteiger partial charge < -0.3 is 19.9 Å². The van der Waals surface area contributed by atoms with Crippen molar-refractivity contribution in [3.63, 3.8) is 0 Å². The first-order chi connectivity index (χ1) is 15.3. The van der Waals surface area contributed by atoms with Crippen LogP contribution < -0.4 is 14.8 Å². The number of nitrogens with one attached hydrogen (secondary N) is 1. The van der Waals surface area contributed by atoms with E-state index in [1.54, 1.807) is 12.1 Å². The summed E-state index contributed by atoms with van der Waals surface area (Å²) in [6.07, 6.45) is 3.82. The highest BCUT2D eigenvalue weighted by atomic mass is 35.5. The van der Waals surface area contributed by atoms with Crippen LogP contribution in [-0.4, -0.2) is 30.8 Å². The zero-order valence-corrected chi connectivity index (χ0v) is 20.3. The van der Waals surface area contributed by atoms with Crippen molar-refractivity contribution in [3.8, 4) is 11.5 Å². The van der Waals surface area contributed by atoms with Crippen LogP contribution in [0.15, 0.2) is 30.3 Å². The normalized spacial score (nSPS) is 17.1. The Labute approximate surface area is 204 Å². The van der Waals surface area contributed by atoms with E-state index < -0.39 is 5.97 Å². The van der Waals surface area contributed by atoms with E-state index in [2.05, 4.69) is 18.3 Å². The lowest BCUT2D eigenvalue weighted by atomic mass is 9.76. The Morgan fingerprint density at radius 2 is 1.91 bits per heavy atom. The number of ether oxygens (including phenoxy) is 2. The van der Waals surface area contributed by atoms with Crippen molar-refractivity contribution in [2.24, 2.45) is 0 Å². The number of carboxylic acids is 1. The number of benzene rings is 2. The second kappa shape index (κ2) is 11.5. The van der Waals surface area contributed by atoms with Crippen molar-refractivity contribution in [1.29, 1.82) is 0 Å². The maximum atomic E-state index is 10.6. The molecule has 0 aliphatic carbocycles. The Morgan fingerprint density at radius 3 is 2.59 bits per heavy atom. The molecule has 1 atom stereocenters. The molecule has 0 fully saturated rings. The lowest BCUT2D eigenvalue weighted by molar-refractivity contribution is -0.137. The molecule has 1 heterocycles. The smallest absolute Gasteiger partial charge is 0.303 e. The van der Waals surface area contributed by atoms with Gasteiger partial charge in [-0.25, -0.2) is 0 Å². The van der Waals surface area contributed by atoms with E-state index in [4.69, 9.17) is 49.4 Å². The molecule has 2 aromatic carbocycles. The van der Waals surface area contributed by atoms with Gasteiger partial charge >= 0.3 is 5.97 Å². The van der Waals surface area contributed by atoms with E-state index in [0.717, 1.165) is 31.6 Å². The molecule has 2 aromatic rings. The average Bonchev–Trinajstić information content (AvgIpc) is 3.08. The number of aliphatic carboxylic acids is 1. The molecular weight excluding hydrogens is 473 g/mol. The van der Waals surface area contributed by atoms with Gasteiger partial charge in [0.1, 0.15) is 18.1 Å². The highest BCUT2D eigenvalue weighted by Gasteiger charge is 2.39. The molecule has 0 saturated heterocycles. The fourth-order valence-corrected chi connectivity index (χ4v) is 5.07. The number of fused-ring (bicyclic) bond motifs is 1. The first-order valence-electron chi connectivity index (χ1n) is 10.8. The van der Waals surface area contributed by atoms with Crippen molar-refractivity contribution < 1.29 is 19.4 Å². The van der Waals surface area contributed by atoms with Crippen LogP contribution in [0, 0.1) is 0 Å². The Balaban J connectivity index is 1.64. The van der Waals surface area contributed by atoms with Gasteiger partial charge in [0.2, 0.25) is 0 Å². The average molecular weight is 501 g/mol. The monoisotopic (exact) mass is 499 g/mol. The topological polar surface area (TPSA) is 67.8 Å². The van der Waals surface area contributed by atoms with Gasteiger partial charge in [0, 0.05) is 34.1 Å². The molecule has 32 heavy (non-hydrogen) atoms. The Morgan fingerprint density at radius 1 is 1.16 bits per heavy atom. The van der Waals surface area contributed by atoms with Crippen molar-refractivity contribution in [1.82, 2.24) is 5.32 Å². The number of hydrogen-bond donors (Lipinski definition) is 2. The van der Waals surface area contributed by atoms with E-state index in [0.29, 0.717) is 46.0 Å². The van der Waals surface area contributed by atoms with Crippen molar-refractivity contribution in [3.05, 3.63) is 56.5 Å². The van der Waals surface area contributed by atoms with Crippen molar-refractivity contribution in [2.75, 3.05) is 19.7 Å². The fraction of sp³-hybridized carbons (Fsp3) is 0.458. The molecule has 1 aliphatic rings. The van der Waals surface area contributed by atoms with E-state index in [-0.39, 0.29) is 18.4 Å². The third kappa shape index (κ3) is 6.22. The van der Waals surface area contributed by atoms with Crippen LogP contribution in [0.5, 0.6) is 11.5 Å². The lowest BCUT2D eigenvalue weighted by Gasteiger charge is -2.28. The third-order valence-electron chi connectivity index (χ3n) is 5.77. The molecule has 0 radical (unpaired) electrons. The maximum Gasteiger partial charge on any atom is 0.303 e. The lowest BCUT2D eigenvalue weighted by Crippen LogP contribution is -2.33. The summed E-state index contributed by atoms with van der Waals surface area (Å²) >= 11 is 18.5. The number of carbonyl (C=O) groups is 1. The van der Waals surface area contributed by atoms with Gasteiger partial charge in [0.15, 0.2) is 0 Å². The quantitative estimate of drug-likeness (QED) is 0.326. The molecule has 5 nitrogen and oxygen atoms in total. The van der Waals surface area contributed by atoms with Gasteiger partial charge in [-0.05, 0) is 50.6 Å². The molecule has 0 amide bonds. The largest absolute Gasteiger partial charge is 0.492 e. The van der Waals surface area contributed by atoms with E-state index in [1.807, 2.05) is 12.1 Å². The summed E-state index contributed by atoms with van der Waals surface area (Å²) in [6, 6.07) is 9.26. The minimum Gasteiger partial charge on any atom is -0.492 e. The van der Waals surface area contributed by atoms with Crippen molar-refractivity contribution in [2.45, 2.75) is 51.0 Å². The van der Waals surface area contributed by atoms with Crippen LogP contribution in [0.1, 0.15) is 50.2 Å². The fourth-order valence-electron chi connectivity index (χ4n) is 4.14. The van der Waals surface area contributed by atoms with Crippen LogP contribution in [0.2, 0.25) is 15.1 Å². The SMILES string of the molecule is CCCC1(CCNCCCC(=O)O)COc2cc(OCc3c(Cl)cc(Cl)cc3Cl)ccc21. The Bertz CT molecular complexity index is 930. The molecule has 1 aliphatic heterocycles.